The van der Waals surface area contributed by atoms with E-state index in [2.05, 4.69) is 14.7 Å². The predicted molar refractivity (Wildman–Crippen MR) is 86.3 cm³/mol. The van der Waals surface area contributed by atoms with Crippen LogP contribution in [0.5, 0.6) is 11.6 Å². The third-order valence-corrected chi connectivity index (χ3v) is 3.51. The van der Waals surface area contributed by atoms with E-state index in [1.165, 1.54) is 6.07 Å². The van der Waals surface area contributed by atoms with Crippen molar-refractivity contribution in [1.82, 2.24) is 9.97 Å². The molecule has 130 valence electrons. The molecule has 26 heavy (non-hydrogen) atoms. The Morgan fingerprint density at radius 1 is 1.12 bits per heavy atom. The minimum Gasteiger partial charge on any atom is -0.468 e. The van der Waals surface area contributed by atoms with Crippen LogP contribution in [0.25, 0.3) is 11.0 Å². The van der Waals surface area contributed by atoms with E-state index in [0.717, 1.165) is 19.2 Å². The summed E-state index contributed by atoms with van der Waals surface area (Å²) in [4.78, 5) is 20.4. The number of carbonyl (C=O) groups is 1. The molecule has 1 atom stereocenters. The third kappa shape index (κ3) is 3.28. The molecule has 0 N–H and O–H groups in total. The van der Waals surface area contributed by atoms with Crippen LogP contribution in [0.3, 0.4) is 0 Å². The Morgan fingerprint density at radius 2 is 1.81 bits per heavy atom. The fourth-order valence-electron chi connectivity index (χ4n) is 2.26. The standard InChI is InChI=1S/C18H11F2N3O3/c1-25-18(24)11(9-21)16-17(23-15-5-3-2-4-14(15)22-16)26-10-6-7-12(19)13(20)8-10/h2-8,11H,1H3. The van der Waals surface area contributed by atoms with Gasteiger partial charge in [-0.15, -0.1) is 0 Å². The summed E-state index contributed by atoms with van der Waals surface area (Å²) in [7, 11) is 1.14. The summed E-state index contributed by atoms with van der Waals surface area (Å²) in [5.74, 6) is -4.61. The maximum atomic E-state index is 13.4. The van der Waals surface area contributed by atoms with Crippen molar-refractivity contribution < 1.29 is 23.0 Å². The molecule has 0 saturated carbocycles. The van der Waals surface area contributed by atoms with E-state index in [4.69, 9.17) is 4.74 Å². The van der Waals surface area contributed by atoms with Gasteiger partial charge in [0.25, 0.3) is 0 Å². The molecule has 0 amide bonds. The number of carbonyl (C=O) groups excluding carboxylic acids is 1. The van der Waals surface area contributed by atoms with Crippen molar-refractivity contribution in [3.05, 3.63) is 59.8 Å². The summed E-state index contributed by atoms with van der Waals surface area (Å²) >= 11 is 0. The molecule has 0 spiro atoms. The normalized spacial score (nSPS) is 11.6. The van der Waals surface area contributed by atoms with Crippen molar-refractivity contribution in [2.45, 2.75) is 5.92 Å². The minimum atomic E-state index is -1.39. The first kappa shape index (κ1) is 17.2. The van der Waals surface area contributed by atoms with Crippen molar-refractivity contribution in [2.24, 2.45) is 0 Å². The monoisotopic (exact) mass is 355 g/mol. The number of aromatic nitrogens is 2. The van der Waals surface area contributed by atoms with Crippen molar-refractivity contribution in [1.29, 1.82) is 5.26 Å². The van der Waals surface area contributed by atoms with Crippen molar-refractivity contribution in [2.75, 3.05) is 7.11 Å². The number of nitrogens with zero attached hydrogens (tertiary/aromatic N) is 3. The third-order valence-electron chi connectivity index (χ3n) is 3.51. The van der Waals surface area contributed by atoms with Gasteiger partial charge in [0, 0.05) is 6.07 Å². The van der Waals surface area contributed by atoms with Crippen LogP contribution in [-0.4, -0.2) is 23.0 Å². The molecule has 0 fully saturated rings. The SMILES string of the molecule is COC(=O)C(C#N)c1nc2ccccc2nc1Oc1ccc(F)c(F)c1. The molecule has 8 heteroatoms. The lowest BCUT2D eigenvalue weighted by Gasteiger charge is -2.13. The highest BCUT2D eigenvalue weighted by molar-refractivity contribution is 5.83. The average Bonchev–Trinajstić information content (AvgIpc) is 2.65. The molecular formula is C18H11F2N3O3. The lowest BCUT2D eigenvalue weighted by molar-refractivity contribution is -0.141. The van der Waals surface area contributed by atoms with Gasteiger partial charge in [-0.05, 0) is 24.3 Å². The van der Waals surface area contributed by atoms with E-state index in [1.807, 2.05) is 0 Å². The van der Waals surface area contributed by atoms with E-state index in [1.54, 1.807) is 30.3 Å². The molecule has 0 aliphatic carbocycles. The number of fused-ring (bicyclic) bond motifs is 1. The number of rotatable bonds is 4. The zero-order valence-electron chi connectivity index (χ0n) is 13.4. The summed E-state index contributed by atoms with van der Waals surface area (Å²) in [6.07, 6.45) is 0. The van der Waals surface area contributed by atoms with Gasteiger partial charge in [0.2, 0.25) is 5.88 Å². The topological polar surface area (TPSA) is 85.1 Å². The van der Waals surface area contributed by atoms with Crippen LogP contribution in [-0.2, 0) is 9.53 Å². The number of ether oxygens (including phenoxy) is 2. The second-order valence-electron chi connectivity index (χ2n) is 5.17. The number of methoxy groups -OCH3 is 1. The van der Waals surface area contributed by atoms with Crippen molar-refractivity contribution in [3.8, 4) is 17.7 Å². The van der Waals surface area contributed by atoms with E-state index >= 15 is 0 Å². The Morgan fingerprint density at radius 3 is 2.42 bits per heavy atom. The number of nitriles is 1. The highest BCUT2D eigenvalue weighted by atomic mass is 19.2. The second kappa shape index (κ2) is 7.11. The lowest BCUT2D eigenvalue weighted by Crippen LogP contribution is -2.15. The van der Waals surface area contributed by atoms with Gasteiger partial charge in [-0.3, -0.25) is 4.79 Å². The Labute approximate surface area is 146 Å². The molecule has 0 aliphatic rings. The average molecular weight is 355 g/mol. The Bertz CT molecular complexity index is 1030. The van der Waals surface area contributed by atoms with E-state index in [-0.39, 0.29) is 17.3 Å². The van der Waals surface area contributed by atoms with Crippen LogP contribution < -0.4 is 4.74 Å². The maximum absolute atomic E-state index is 13.4. The van der Waals surface area contributed by atoms with E-state index in [0.29, 0.717) is 11.0 Å². The molecule has 3 rings (SSSR count). The highest BCUT2D eigenvalue weighted by Gasteiger charge is 2.28. The molecule has 1 unspecified atom stereocenters. The molecule has 6 nitrogen and oxygen atoms in total. The smallest absolute Gasteiger partial charge is 0.329 e. The zero-order chi connectivity index (χ0) is 18.7. The summed E-state index contributed by atoms with van der Waals surface area (Å²) < 4.78 is 36.6. The number of esters is 1. The first-order valence-electron chi connectivity index (χ1n) is 7.40. The van der Waals surface area contributed by atoms with Gasteiger partial charge in [-0.25, -0.2) is 18.7 Å². The van der Waals surface area contributed by atoms with Crippen LogP contribution in [0.1, 0.15) is 11.6 Å². The van der Waals surface area contributed by atoms with Gasteiger partial charge in [-0.1, -0.05) is 12.1 Å². The number of hydrogen-bond donors (Lipinski definition) is 0. The van der Waals surface area contributed by atoms with Gasteiger partial charge in [0.1, 0.15) is 11.4 Å². The first-order valence-corrected chi connectivity index (χ1v) is 7.40. The number of benzene rings is 2. The molecule has 0 radical (unpaired) electrons. The van der Waals surface area contributed by atoms with Crippen LogP contribution in [0, 0.1) is 23.0 Å². The molecule has 0 bridgehead atoms. The lowest BCUT2D eigenvalue weighted by atomic mass is 10.1. The number of halogens is 2. The predicted octanol–water partition coefficient (Wildman–Crippen LogP) is 3.48. The summed E-state index contributed by atoms with van der Waals surface area (Å²) in [6.45, 7) is 0. The number of hydrogen-bond acceptors (Lipinski definition) is 6. The Balaban J connectivity index is 2.14. The highest BCUT2D eigenvalue weighted by Crippen LogP contribution is 2.30. The zero-order valence-corrected chi connectivity index (χ0v) is 13.4. The number of para-hydroxylation sites is 2. The fraction of sp³-hybridized carbons (Fsp3) is 0.111. The molecule has 3 aromatic rings. The van der Waals surface area contributed by atoms with Crippen molar-refractivity contribution in [3.63, 3.8) is 0 Å². The maximum Gasteiger partial charge on any atom is 0.329 e. The fourth-order valence-corrected chi connectivity index (χ4v) is 2.26. The van der Waals surface area contributed by atoms with Crippen LogP contribution in [0.2, 0.25) is 0 Å². The largest absolute Gasteiger partial charge is 0.468 e. The van der Waals surface area contributed by atoms with Gasteiger partial charge >= 0.3 is 5.97 Å². The molecular weight excluding hydrogens is 344 g/mol. The second-order valence-corrected chi connectivity index (χ2v) is 5.17. The van der Waals surface area contributed by atoms with E-state index in [9.17, 15) is 18.8 Å². The van der Waals surface area contributed by atoms with E-state index < -0.39 is 23.5 Å². The van der Waals surface area contributed by atoms with Crippen LogP contribution in [0.15, 0.2) is 42.5 Å². The molecule has 1 aromatic heterocycles. The molecule has 2 aromatic carbocycles. The molecule has 1 heterocycles. The Hall–Kier alpha value is -3.60. The van der Waals surface area contributed by atoms with Gasteiger partial charge in [-0.2, -0.15) is 5.26 Å². The molecule has 0 saturated heterocycles. The van der Waals surface area contributed by atoms with Gasteiger partial charge in [0.05, 0.1) is 24.2 Å². The summed E-state index contributed by atoms with van der Waals surface area (Å²) in [5, 5.41) is 9.34. The summed E-state index contributed by atoms with van der Waals surface area (Å²) in [6, 6.07) is 11.4. The van der Waals surface area contributed by atoms with Gasteiger partial charge in [0.15, 0.2) is 17.6 Å². The quantitative estimate of drug-likeness (QED) is 0.666. The Kier molecular flexibility index (Phi) is 4.71. The van der Waals surface area contributed by atoms with Crippen LogP contribution >= 0.6 is 0 Å². The molecule has 0 aliphatic heterocycles. The summed E-state index contributed by atoms with van der Waals surface area (Å²) in [5.41, 5.74) is 0.794. The first-order chi connectivity index (χ1) is 12.5. The van der Waals surface area contributed by atoms with Crippen LogP contribution in [0.4, 0.5) is 8.78 Å². The van der Waals surface area contributed by atoms with Gasteiger partial charge < -0.3 is 9.47 Å². The van der Waals surface area contributed by atoms with Crippen molar-refractivity contribution >= 4 is 17.0 Å². The minimum absolute atomic E-state index is 0.0590.